The Kier molecular flexibility index (Phi) is 5.99. The summed E-state index contributed by atoms with van der Waals surface area (Å²) in [5.74, 6) is 1.59. The van der Waals surface area contributed by atoms with E-state index in [9.17, 15) is 4.79 Å². The van der Waals surface area contributed by atoms with Crippen LogP contribution in [-0.4, -0.2) is 62.1 Å². The van der Waals surface area contributed by atoms with E-state index >= 15 is 0 Å². The van der Waals surface area contributed by atoms with Crippen molar-refractivity contribution in [1.29, 1.82) is 0 Å². The lowest BCUT2D eigenvalue weighted by Crippen LogP contribution is -2.51. The van der Waals surface area contributed by atoms with Gasteiger partial charge in [0.05, 0.1) is 6.04 Å². The van der Waals surface area contributed by atoms with Crippen molar-refractivity contribution >= 4 is 5.91 Å². The summed E-state index contributed by atoms with van der Waals surface area (Å²) >= 11 is 0. The summed E-state index contributed by atoms with van der Waals surface area (Å²) in [5, 5.41) is 13.1. The fourth-order valence-electron chi connectivity index (χ4n) is 5.90. The Balaban J connectivity index is 1.62. The van der Waals surface area contributed by atoms with Crippen molar-refractivity contribution < 1.29 is 4.79 Å². The molecule has 7 heteroatoms. The molecule has 4 rings (SSSR count). The number of nitrogens with zero attached hydrogens (tertiary/aromatic N) is 6. The molecule has 1 aromatic rings. The molecule has 1 atom stereocenters. The van der Waals surface area contributed by atoms with Crippen molar-refractivity contribution in [3.05, 3.63) is 5.82 Å². The third kappa shape index (κ3) is 3.46. The second-order valence-electron chi connectivity index (χ2n) is 8.93. The Hall–Kier alpha value is -1.50. The van der Waals surface area contributed by atoms with Gasteiger partial charge in [-0.2, -0.15) is 0 Å². The minimum Gasteiger partial charge on any atom is -0.340 e. The molecule has 0 radical (unpaired) electrons. The molecule has 3 fully saturated rings. The molecule has 0 bridgehead atoms. The predicted molar refractivity (Wildman–Crippen MR) is 108 cm³/mol. The highest BCUT2D eigenvalue weighted by atomic mass is 16.2. The van der Waals surface area contributed by atoms with E-state index in [-0.39, 0.29) is 11.5 Å². The predicted octanol–water partition coefficient (Wildman–Crippen LogP) is 3.14. The van der Waals surface area contributed by atoms with Gasteiger partial charge >= 0.3 is 0 Å². The van der Waals surface area contributed by atoms with E-state index in [0.717, 1.165) is 64.1 Å². The van der Waals surface area contributed by atoms with Crippen LogP contribution in [0.4, 0.5) is 0 Å². The molecule has 1 saturated heterocycles. The van der Waals surface area contributed by atoms with Crippen molar-refractivity contribution in [2.24, 2.45) is 5.92 Å². The van der Waals surface area contributed by atoms with Gasteiger partial charge < -0.3 is 4.90 Å². The molecule has 3 aliphatic rings. The Morgan fingerprint density at radius 3 is 2.43 bits per heavy atom. The standard InChI is InChI=1S/C21H36N6O/c1-3-26(4-2)21(20-22-23-24-27(20)18-12-8-9-13-18)14-15-25(16-21)19(28)17-10-6-5-7-11-17/h17-18H,3-16H2,1-2H3. The molecule has 28 heavy (non-hydrogen) atoms. The quantitative estimate of drug-likeness (QED) is 0.749. The number of carbonyl (C=O) groups is 1. The van der Waals surface area contributed by atoms with Gasteiger partial charge in [-0.05, 0) is 55.6 Å². The number of likely N-dealkylation sites (tertiary alicyclic amines) is 1. The van der Waals surface area contributed by atoms with Gasteiger partial charge in [-0.3, -0.25) is 9.69 Å². The fraction of sp³-hybridized carbons (Fsp3) is 0.905. The number of tetrazole rings is 1. The van der Waals surface area contributed by atoms with Crippen molar-refractivity contribution in [3.63, 3.8) is 0 Å². The molecular weight excluding hydrogens is 352 g/mol. The zero-order valence-electron chi connectivity index (χ0n) is 17.6. The molecule has 2 saturated carbocycles. The highest BCUT2D eigenvalue weighted by Crippen LogP contribution is 2.40. The van der Waals surface area contributed by atoms with Gasteiger partial charge in [0.1, 0.15) is 5.54 Å². The van der Waals surface area contributed by atoms with Crippen molar-refractivity contribution in [3.8, 4) is 0 Å². The zero-order valence-corrected chi connectivity index (χ0v) is 17.6. The molecule has 156 valence electrons. The van der Waals surface area contributed by atoms with Crippen LogP contribution in [0.3, 0.4) is 0 Å². The Labute approximate surface area is 168 Å². The maximum atomic E-state index is 13.2. The average Bonchev–Trinajstić information content (AvgIpc) is 3.48. The molecule has 0 spiro atoms. The van der Waals surface area contributed by atoms with Crippen LogP contribution in [-0.2, 0) is 10.3 Å². The zero-order chi connectivity index (χ0) is 19.6. The van der Waals surface area contributed by atoms with E-state index < -0.39 is 0 Å². The Bertz CT molecular complexity index is 660. The van der Waals surface area contributed by atoms with E-state index in [4.69, 9.17) is 0 Å². The maximum Gasteiger partial charge on any atom is 0.225 e. The summed E-state index contributed by atoms with van der Waals surface area (Å²) in [5.41, 5.74) is -0.250. The second kappa shape index (κ2) is 8.47. The molecule has 0 N–H and O–H groups in total. The van der Waals surface area contributed by atoms with Crippen LogP contribution >= 0.6 is 0 Å². The number of hydrogen-bond donors (Lipinski definition) is 0. The molecular formula is C21H36N6O. The van der Waals surface area contributed by atoms with E-state index in [1.807, 2.05) is 0 Å². The lowest BCUT2D eigenvalue weighted by molar-refractivity contribution is -0.136. The lowest BCUT2D eigenvalue weighted by atomic mass is 9.88. The number of likely N-dealkylation sites (N-methyl/N-ethyl adjacent to an activating group) is 1. The molecule has 1 aromatic heterocycles. The summed E-state index contributed by atoms with van der Waals surface area (Å²) in [4.78, 5) is 17.9. The van der Waals surface area contributed by atoms with Crippen LogP contribution in [0, 0.1) is 5.92 Å². The van der Waals surface area contributed by atoms with Gasteiger partial charge in [-0.25, -0.2) is 4.68 Å². The highest BCUT2D eigenvalue weighted by molar-refractivity contribution is 5.79. The summed E-state index contributed by atoms with van der Waals surface area (Å²) in [6, 6.07) is 0.417. The first kappa shape index (κ1) is 19.8. The number of hydrogen-bond acceptors (Lipinski definition) is 5. The average molecular weight is 389 g/mol. The van der Waals surface area contributed by atoms with Gasteiger partial charge in [-0.1, -0.05) is 46.0 Å². The summed E-state index contributed by atoms with van der Waals surface area (Å²) in [7, 11) is 0. The number of aromatic nitrogens is 4. The van der Waals surface area contributed by atoms with E-state index in [2.05, 4.69) is 43.9 Å². The SMILES string of the molecule is CCN(CC)C1(c2nnnn2C2CCCC2)CCN(C(=O)C2CCCCC2)C1. The van der Waals surface area contributed by atoms with Crippen LogP contribution in [0.5, 0.6) is 0 Å². The largest absolute Gasteiger partial charge is 0.340 e. The van der Waals surface area contributed by atoms with Crippen molar-refractivity contribution in [2.75, 3.05) is 26.2 Å². The van der Waals surface area contributed by atoms with Gasteiger partial charge in [0.25, 0.3) is 0 Å². The molecule has 2 aliphatic carbocycles. The highest BCUT2D eigenvalue weighted by Gasteiger charge is 2.50. The van der Waals surface area contributed by atoms with Crippen LogP contribution in [0.2, 0.25) is 0 Å². The van der Waals surface area contributed by atoms with E-state index in [1.165, 1.54) is 32.1 Å². The van der Waals surface area contributed by atoms with Crippen LogP contribution in [0.25, 0.3) is 0 Å². The fourth-order valence-corrected chi connectivity index (χ4v) is 5.90. The van der Waals surface area contributed by atoms with E-state index in [0.29, 0.717) is 11.9 Å². The van der Waals surface area contributed by atoms with Crippen molar-refractivity contribution in [2.45, 2.75) is 89.6 Å². The molecule has 1 aliphatic heterocycles. The Morgan fingerprint density at radius 2 is 1.75 bits per heavy atom. The third-order valence-electron chi connectivity index (χ3n) is 7.46. The topological polar surface area (TPSA) is 67.2 Å². The van der Waals surface area contributed by atoms with Gasteiger partial charge in [0, 0.05) is 19.0 Å². The molecule has 2 heterocycles. The maximum absolute atomic E-state index is 13.2. The lowest BCUT2D eigenvalue weighted by Gasteiger charge is -2.39. The van der Waals surface area contributed by atoms with Crippen LogP contribution in [0.15, 0.2) is 0 Å². The number of amides is 1. The van der Waals surface area contributed by atoms with Crippen LogP contribution < -0.4 is 0 Å². The summed E-state index contributed by atoms with van der Waals surface area (Å²) in [6.07, 6.45) is 11.6. The van der Waals surface area contributed by atoms with Gasteiger partial charge in [0.2, 0.25) is 5.91 Å². The second-order valence-corrected chi connectivity index (χ2v) is 8.93. The first-order chi connectivity index (χ1) is 13.7. The number of carbonyl (C=O) groups excluding carboxylic acids is 1. The normalized spacial score (nSPS) is 27.2. The van der Waals surface area contributed by atoms with Crippen LogP contribution in [0.1, 0.15) is 89.9 Å². The van der Waals surface area contributed by atoms with Crippen molar-refractivity contribution in [1.82, 2.24) is 30.0 Å². The monoisotopic (exact) mass is 388 g/mol. The summed E-state index contributed by atoms with van der Waals surface area (Å²) in [6.45, 7) is 7.86. The van der Waals surface area contributed by atoms with Gasteiger partial charge in [0.15, 0.2) is 5.82 Å². The first-order valence-corrected chi connectivity index (χ1v) is 11.5. The molecule has 7 nitrogen and oxygen atoms in total. The molecule has 1 unspecified atom stereocenters. The van der Waals surface area contributed by atoms with Gasteiger partial charge in [-0.15, -0.1) is 5.10 Å². The van der Waals surface area contributed by atoms with E-state index in [1.54, 1.807) is 0 Å². The molecule has 1 amide bonds. The minimum absolute atomic E-state index is 0.229. The smallest absolute Gasteiger partial charge is 0.225 e. The molecule has 0 aromatic carbocycles. The first-order valence-electron chi connectivity index (χ1n) is 11.5. The summed E-state index contributed by atoms with van der Waals surface area (Å²) < 4.78 is 2.11. The number of rotatable bonds is 6. The minimum atomic E-state index is -0.250. The Morgan fingerprint density at radius 1 is 1.07 bits per heavy atom. The third-order valence-corrected chi connectivity index (χ3v) is 7.46.